The fourth-order valence-corrected chi connectivity index (χ4v) is 3.19. The molecule has 1 aliphatic rings. The summed E-state index contributed by atoms with van der Waals surface area (Å²) in [4.78, 5) is 14.2. The van der Waals surface area contributed by atoms with Crippen molar-refractivity contribution in [3.8, 4) is 0 Å². The maximum absolute atomic E-state index is 12.4. The third-order valence-electron chi connectivity index (χ3n) is 2.81. The Bertz CT molecular complexity index is 441. The number of carbonyl (C=O) groups excluding carboxylic acids is 1. The topological polar surface area (TPSA) is 20.3 Å². The molecule has 0 spiro atoms. The molecule has 1 heterocycles. The van der Waals surface area contributed by atoms with Crippen LogP contribution in [0.1, 0.15) is 23.2 Å². The quantitative estimate of drug-likeness (QED) is 0.491. The van der Waals surface area contributed by atoms with Gasteiger partial charge in [-0.15, -0.1) is 11.6 Å². The summed E-state index contributed by atoms with van der Waals surface area (Å²) in [7, 11) is 0. The molecule has 17 heavy (non-hydrogen) atoms. The SMILES string of the molecule is O=C(c1cc(Br)ccc1I)N1CCCC(Cl)C1. The molecule has 1 fully saturated rings. The molecule has 2 rings (SSSR count). The van der Waals surface area contributed by atoms with Crippen LogP contribution in [-0.4, -0.2) is 29.3 Å². The zero-order valence-corrected chi connectivity index (χ0v) is 13.6. The Labute approximate surface area is 128 Å². The number of nitrogens with zero attached hydrogens (tertiary/aromatic N) is 1. The average molecular weight is 428 g/mol. The molecule has 0 bridgehead atoms. The maximum atomic E-state index is 12.4. The molecule has 1 aromatic carbocycles. The van der Waals surface area contributed by atoms with Gasteiger partial charge in [-0.05, 0) is 53.6 Å². The summed E-state index contributed by atoms with van der Waals surface area (Å²) in [5, 5.41) is 0.0949. The van der Waals surface area contributed by atoms with Gasteiger partial charge >= 0.3 is 0 Å². The molecule has 0 aromatic heterocycles. The van der Waals surface area contributed by atoms with Gasteiger partial charge in [0.15, 0.2) is 0 Å². The number of benzene rings is 1. The summed E-state index contributed by atoms with van der Waals surface area (Å²) in [6.45, 7) is 1.47. The Hall–Kier alpha value is 0.190. The third kappa shape index (κ3) is 3.35. The Morgan fingerprint density at radius 2 is 2.29 bits per heavy atom. The zero-order valence-electron chi connectivity index (χ0n) is 9.13. The first kappa shape index (κ1) is 13.6. The molecule has 1 amide bonds. The van der Waals surface area contributed by atoms with Crippen molar-refractivity contribution in [3.63, 3.8) is 0 Å². The van der Waals surface area contributed by atoms with Gasteiger partial charge in [-0.25, -0.2) is 0 Å². The smallest absolute Gasteiger partial charge is 0.255 e. The van der Waals surface area contributed by atoms with Gasteiger partial charge in [0.05, 0.1) is 10.9 Å². The lowest BCUT2D eigenvalue weighted by molar-refractivity contribution is 0.0726. The summed E-state index contributed by atoms with van der Waals surface area (Å²) >= 11 is 11.7. The number of alkyl halides is 1. The minimum Gasteiger partial charge on any atom is -0.337 e. The van der Waals surface area contributed by atoms with Crippen molar-refractivity contribution in [2.45, 2.75) is 18.2 Å². The molecule has 0 aliphatic carbocycles. The molecular weight excluding hydrogens is 416 g/mol. The van der Waals surface area contributed by atoms with Gasteiger partial charge in [-0.2, -0.15) is 0 Å². The van der Waals surface area contributed by atoms with Crippen molar-refractivity contribution in [1.29, 1.82) is 0 Å². The molecule has 0 radical (unpaired) electrons. The highest BCUT2D eigenvalue weighted by atomic mass is 127. The standard InChI is InChI=1S/C12H12BrClINO/c13-8-3-4-11(15)10(6-8)12(17)16-5-1-2-9(14)7-16/h3-4,6,9H,1-2,5,7H2. The monoisotopic (exact) mass is 427 g/mol. The van der Waals surface area contributed by atoms with Crippen molar-refractivity contribution < 1.29 is 4.79 Å². The molecule has 2 nitrogen and oxygen atoms in total. The van der Waals surface area contributed by atoms with E-state index in [4.69, 9.17) is 11.6 Å². The van der Waals surface area contributed by atoms with E-state index < -0.39 is 0 Å². The highest BCUT2D eigenvalue weighted by Crippen LogP contribution is 2.22. The Morgan fingerprint density at radius 3 is 3.00 bits per heavy atom. The van der Waals surface area contributed by atoms with Crippen LogP contribution in [0.25, 0.3) is 0 Å². The van der Waals surface area contributed by atoms with Crippen molar-refractivity contribution >= 4 is 56.0 Å². The van der Waals surface area contributed by atoms with Crippen LogP contribution < -0.4 is 0 Å². The summed E-state index contributed by atoms with van der Waals surface area (Å²) in [6, 6.07) is 5.76. The van der Waals surface area contributed by atoms with Crippen molar-refractivity contribution in [2.24, 2.45) is 0 Å². The normalized spacial score (nSPS) is 20.4. The molecule has 92 valence electrons. The van der Waals surface area contributed by atoms with Gasteiger partial charge in [0.25, 0.3) is 5.91 Å². The first-order valence-corrected chi connectivity index (χ1v) is 7.77. The van der Waals surface area contributed by atoms with Crippen molar-refractivity contribution in [3.05, 3.63) is 31.8 Å². The van der Waals surface area contributed by atoms with E-state index in [1.807, 2.05) is 23.1 Å². The molecule has 1 saturated heterocycles. The van der Waals surface area contributed by atoms with E-state index in [-0.39, 0.29) is 11.3 Å². The second-order valence-electron chi connectivity index (χ2n) is 4.11. The van der Waals surface area contributed by atoms with Crippen LogP contribution in [0.2, 0.25) is 0 Å². The van der Waals surface area contributed by atoms with Crippen LogP contribution in [-0.2, 0) is 0 Å². The van der Waals surface area contributed by atoms with Gasteiger partial charge in [0.2, 0.25) is 0 Å². The number of rotatable bonds is 1. The van der Waals surface area contributed by atoms with Crippen LogP contribution in [0, 0.1) is 3.57 Å². The lowest BCUT2D eigenvalue weighted by Gasteiger charge is -2.30. The number of amides is 1. The van der Waals surface area contributed by atoms with Gasteiger partial charge in [-0.3, -0.25) is 4.79 Å². The third-order valence-corrected chi connectivity index (χ3v) is 4.60. The van der Waals surface area contributed by atoms with Crippen LogP contribution in [0.5, 0.6) is 0 Å². The first-order chi connectivity index (χ1) is 8.08. The van der Waals surface area contributed by atoms with Crippen LogP contribution in [0.15, 0.2) is 22.7 Å². The molecule has 0 saturated carbocycles. The highest BCUT2D eigenvalue weighted by molar-refractivity contribution is 14.1. The average Bonchev–Trinajstić information content (AvgIpc) is 2.31. The molecular formula is C12H12BrClINO. The number of hydrogen-bond acceptors (Lipinski definition) is 1. The van der Waals surface area contributed by atoms with E-state index in [9.17, 15) is 4.79 Å². The van der Waals surface area contributed by atoms with Crippen molar-refractivity contribution in [2.75, 3.05) is 13.1 Å². The van der Waals surface area contributed by atoms with E-state index in [1.54, 1.807) is 0 Å². The van der Waals surface area contributed by atoms with Crippen LogP contribution >= 0.6 is 50.1 Å². The summed E-state index contributed by atoms with van der Waals surface area (Å²) in [6.07, 6.45) is 1.99. The largest absolute Gasteiger partial charge is 0.337 e. The van der Waals surface area contributed by atoms with E-state index in [0.29, 0.717) is 6.54 Å². The molecule has 1 unspecified atom stereocenters. The summed E-state index contributed by atoms with van der Waals surface area (Å²) in [5.74, 6) is 0.0843. The number of carbonyl (C=O) groups is 1. The second kappa shape index (κ2) is 5.89. The minimum atomic E-state index is 0.0843. The number of likely N-dealkylation sites (tertiary alicyclic amines) is 1. The van der Waals surface area contributed by atoms with Gasteiger partial charge in [0.1, 0.15) is 0 Å². The Balaban J connectivity index is 2.21. The van der Waals surface area contributed by atoms with Gasteiger partial charge in [-0.1, -0.05) is 15.9 Å². The second-order valence-corrected chi connectivity index (χ2v) is 6.81. The summed E-state index contributed by atoms with van der Waals surface area (Å²) < 4.78 is 1.91. The lowest BCUT2D eigenvalue weighted by Crippen LogP contribution is -2.40. The number of hydrogen-bond donors (Lipinski definition) is 0. The predicted molar refractivity (Wildman–Crippen MR) is 81.6 cm³/mol. The zero-order chi connectivity index (χ0) is 12.4. The maximum Gasteiger partial charge on any atom is 0.255 e. The number of halogens is 3. The molecule has 5 heteroatoms. The van der Waals surface area contributed by atoms with E-state index >= 15 is 0 Å². The van der Waals surface area contributed by atoms with E-state index in [0.717, 1.165) is 33.0 Å². The summed E-state index contributed by atoms with van der Waals surface area (Å²) in [5.41, 5.74) is 0.755. The van der Waals surface area contributed by atoms with Crippen LogP contribution in [0.4, 0.5) is 0 Å². The first-order valence-electron chi connectivity index (χ1n) is 5.46. The minimum absolute atomic E-state index is 0.0843. The predicted octanol–water partition coefficient (Wildman–Crippen LogP) is 3.90. The van der Waals surface area contributed by atoms with E-state index in [1.165, 1.54) is 0 Å². The van der Waals surface area contributed by atoms with Crippen molar-refractivity contribution in [1.82, 2.24) is 4.90 Å². The highest BCUT2D eigenvalue weighted by Gasteiger charge is 2.24. The Morgan fingerprint density at radius 1 is 1.53 bits per heavy atom. The molecule has 1 aromatic rings. The van der Waals surface area contributed by atoms with Gasteiger partial charge in [0, 0.05) is 21.1 Å². The Kier molecular flexibility index (Phi) is 4.72. The van der Waals surface area contributed by atoms with E-state index in [2.05, 4.69) is 38.5 Å². The van der Waals surface area contributed by atoms with Crippen LogP contribution in [0.3, 0.4) is 0 Å². The lowest BCUT2D eigenvalue weighted by atomic mass is 10.1. The molecule has 0 N–H and O–H groups in total. The molecule has 1 aliphatic heterocycles. The fraction of sp³-hybridized carbons (Fsp3) is 0.417. The fourth-order valence-electron chi connectivity index (χ4n) is 1.94. The van der Waals surface area contributed by atoms with Gasteiger partial charge < -0.3 is 4.90 Å². The molecule has 1 atom stereocenters. The number of piperidine rings is 1.